The van der Waals surface area contributed by atoms with Crippen LogP contribution in [0.4, 0.5) is 20.3 Å². The molecule has 2 heterocycles. The van der Waals surface area contributed by atoms with E-state index in [0.717, 1.165) is 34.9 Å². The number of ketones is 1. The van der Waals surface area contributed by atoms with Gasteiger partial charge >= 0.3 is 0 Å². The number of hydrogen-bond acceptors (Lipinski definition) is 5. The lowest BCUT2D eigenvalue weighted by molar-refractivity contribution is -0.121. The molecule has 204 valence electrons. The van der Waals surface area contributed by atoms with Crippen LogP contribution >= 0.6 is 0 Å². The predicted octanol–water partition coefficient (Wildman–Crippen LogP) is 4.77. The molecule has 40 heavy (non-hydrogen) atoms. The van der Waals surface area contributed by atoms with E-state index >= 15 is 0 Å². The van der Waals surface area contributed by atoms with E-state index in [1.165, 1.54) is 6.07 Å². The number of amides is 2. The molecule has 3 aromatic carbocycles. The van der Waals surface area contributed by atoms with E-state index < -0.39 is 23.6 Å². The number of pyridine rings is 1. The lowest BCUT2D eigenvalue weighted by atomic mass is 9.96. The summed E-state index contributed by atoms with van der Waals surface area (Å²) in [5.41, 5.74) is 8.13. The van der Waals surface area contributed by atoms with Gasteiger partial charge in [-0.25, -0.2) is 13.8 Å². The molecule has 1 saturated heterocycles. The van der Waals surface area contributed by atoms with Gasteiger partial charge in [0.25, 0.3) is 5.91 Å². The molecule has 1 aromatic heterocycles. The van der Waals surface area contributed by atoms with Crippen LogP contribution in [0.3, 0.4) is 0 Å². The smallest absolute Gasteiger partial charge is 0.251 e. The van der Waals surface area contributed by atoms with Gasteiger partial charge in [-0.15, -0.1) is 0 Å². The first-order valence-corrected chi connectivity index (χ1v) is 13.1. The maximum atomic E-state index is 13.9. The number of nitrogen functional groups attached to an aromatic ring is 1. The maximum absolute atomic E-state index is 13.9. The van der Waals surface area contributed by atoms with Crippen molar-refractivity contribution in [3.63, 3.8) is 0 Å². The van der Waals surface area contributed by atoms with E-state index in [2.05, 4.69) is 10.3 Å². The highest BCUT2D eigenvalue weighted by Crippen LogP contribution is 2.23. The number of aryl methyl sites for hydroxylation is 1. The average Bonchev–Trinajstić information content (AvgIpc) is 3.39. The summed E-state index contributed by atoms with van der Waals surface area (Å²) in [6, 6.07) is 16.6. The summed E-state index contributed by atoms with van der Waals surface area (Å²) in [7, 11) is 0. The van der Waals surface area contributed by atoms with Crippen molar-refractivity contribution in [2.24, 2.45) is 0 Å². The fourth-order valence-corrected chi connectivity index (χ4v) is 4.97. The molecule has 2 amide bonds. The van der Waals surface area contributed by atoms with Gasteiger partial charge in [-0.05, 0) is 72.2 Å². The van der Waals surface area contributed by atoms with Crippen LogP contribution in [0.2, 0.25) is 0 Å². The number of fused-ring (bicyclic) bond motifs is 1. The summed E-state index contributed by atoms with van der Waals surface area (Å²) in [6.45, 7) is 0.582. The zero-order valence-electron chi connectivity index (χ0n) is 21.7. The molecular weight excluding hydrogens is 514 g/mol. The van der Waals surface area contributed by atoms with Crippen molar-refractivity contribution in [2.45, 2.75) is 38.1 Å². The third-order valence-electron chi connectivity index (χ3n) is 7.13. The largest absolute Gasteiger partial charge is 0.383 e. The van der Waals surface area contributed by atoms with Crippen molar-refractivity contribution >= 4 is 39.9 Å². The van der Waals surface area contributed by atoms with Gasteiger partial charge in [0, 0.05) is 42.2 Å². The molecule has 0 radical (unpaired) electrons. The molecule has 1 fully saturated rings. The Hall–Kier alpha value is -4.66. The molecule has 1 atom stereocenters. The van der Waals surface area contributed by atoms with Gasteiger partial charge in [0.2, 0.25) is 5.91 Å². The van der Waals surface area contributed by atoms with Crippen molar-refractivity contribution in [1.29, 1.82) is 0 Å². The predicted molar refractivity (Wildman–Crippen MR) is 149 cm³/mol. The van der Waals surface area contributed by atoms with Crippen LogP contribution in [0.25, 0.3) is 10.8 Å². The molecule has 0 unspecified atom stereocenters. The molecule has 9 heteroatoms. The van der Waals surface area contributed by atoms with E-state index in [-0.39, 0.29) is 24.5 Å². The Labute approximate surface area is 230 Å². The summed E-state index contributed by atoms with van der Waals surface area (Å²) < 4.78 is 27.4. The van der Waals surface area contributed by atoms with Crippen molar-refractivity contribution in [2.75, 3.05) is 17.2 Å². The van der Waals surface area contributed by atoms with E-state index in [0.29, 0.717) is 42.0 Å². The van der Waals surface area contributed by atoms with Crippen molar-refractivity contribution in [3.8, 4) is 0 Å². The normalized spacial score (nSPS) is 13.9. The highest BCUT2D eigenvalue weighted by Gasteiger charge is 2.25. The number of rotatable bonds is 9. The molecule has 3 N–H and O–H groups in total. The number of nitrogens with one attached hydrogen (secondary N) is 1. The first kappa shape index (κ1) is 26.9. The molecule has 5 rings (SSSR count). The maximum Gasteiger partial charge on any atom is 0.251 e. The van der Waals surface area contributed by atoms with Gasteiger partial charge in [-0.2, -0.15) is 0 Å². The van der Waals surface area contributed by atoms with Crippen molar-refractivity contribution < 1.29 is 23.2 Å². The van der Waals surface area contributed by atoms with Gasteiger partial charge in [-0.3, -0.25) is 14.4 Å². The van der Waals surface area contributed by atoms with Crippen LogP contribution in [0.1, 0.15) is 40.7 Å². The van der Waals surface area contributed by atoms with Gasteiger partial charge in [0.1, 0.15) is 5.82 Å². The number of nitrogens with zero attached hydrogens (tertiary/aromatic N) is 2. The minimum atomic E-state index is -1.03. The summed E-state index contributed by atoms with van der Waals surface area (Å²) in [6.07, 6.45) is 3.35. The Balaban J connectivity index is 1.34. The van der Waals surface area contributed by atoms with E-state index in [4.69, 9.17) is 5.73 Å². The molecule has 0 saturated carbocycles. The third kappa shape index (κ3) is 5.98. The quantitative estimate of drug-likeness (QED) is 0.317. The number of Topliss-reactive ketones (excluding diaryl/α,β-unsaturated/α-hetero) is 1. The summed E-state index contributed by atoms with van der Waals surface area (Å²) in [5, 5.41) is 4.51. The van der Waals surface area contributed by atoms with E-state index in [1.807, 2.05) is 24.3 Å². The fraction of sp³-hybridized carbons (Fsp3) is 0.226. The highest BCUT2D eigenvalue weighted by atomic mass is 19.2. The summed E-state index contributed by atoms with van der Waals surface area (Å²) >= 11 is 0. The molecule has 4 aromatic rings. The first-order chi connectivity index (χ1) is 19.3. The van der Waals surface area contributed by atoms with Crippen molar-refractivity contribution in [1.82, 2.24) is 10.3 Å². The first-order valence-electron chi connectivity index (χ1n) is 13.1. The topological polar surface area (TPSA) is 105 Å². The van der Waals surface area contributed by atoms with E-state index in [1.54, 1.807) is 35.4 Å². The van der Waals surface area contributed by atoms with Crippen molar-refractivity contribution in [3.05, 3.63) is 101 Å². The fourth-order valence-electron chi connectivity index (χ4n) is 4.97. The van der Waals surface area contributed by atoms with Crippen LogP contribution in [0, 0.1) is 11.6 Å². The number of benzene rings is 3. The molecule has 0 aliphatic carbocycles. The average molecular weight is 543 g/mol. The number of hydrogen-bond donors (Lipinski definition) is 2. The Morgan fingerprint density at radius 3 is 2.60 bits per heavy atom. The zero-order valence-corrected chi connectivity index (χ0v) is 21.7. The van der Waals surface area contributed by atoms with Crippen LogP contribution in [-0.2, 0) is 22.4 Å². The lowest BCUT2D eigenvalue weighted by Gasteiger charge is -2.20. The lowest BCUT2D eigenvalue weighted by Crippen LogP contribution is -2.42. The third-order valence-corrected chi connectivity index (χ3v) is 7.13. The molecule has 1 aliphatic rings. The van der Waals surface area contributed by atoms with Crippen LogP contribution in [-0.4, -0.2) is 35.2 Å². The van der Waals surface area contributed by atoms with Gasteiger partial charge < -0.3 is 16.0 Å². The Morgan fingerprint density at radius 1 is 1.00 bits per heavy atom. The highest BCUT2D eigenvalue weighted by molar-refractivity contribution is 6.01. The number of aromatic nitrogens is 1. The van der Waals surface area contributed by atoms with Crippen LogP contribution in [0.15, 0.2) is 72.9 Å². The second-order valence-corrected chi connectivity index (χ2v) is 9.90. The number of halogens is 2. The second-order valence-electron chi connectivity index (χ2n) is 9.90. The Morgan fingerprint density at radius 2 is 1.82 bits per heavy atom. The number of carbonyl (C=O) groups excluding carboxylic acids is 3. The van der Waals surface area contributed by atoms with E-state index in [9.17, 15) is 23.2 Å². The number of nitrogens with two attached hydrogens (primary N) is 1. The molecular formula is C31H28F2N4O3. The molecule has 0 spiro atoms. The minimum Gasteiger partial charge on any atom is -0.383 e. The minimum absolute atomic E-state index is 0.00316. The van der Waals surface area contributed by atoms with Gasteiger partial charge in [0.05, 0.1) is 6.04 Å². The summed E-state index contributed by atoms with van der Waals surface area (Å²) in [4.78, 5) is 44.6. The monoisotopic (exact) mass is 542 g/mol. The molecule has 1 aliphatic heterocycles. The second kappa shape index (κ2) is 11.6. The Kier molecular flexibility index (Phi) is 7.82. The summed E-state index contributed by atoms with van der Waals surface area (Å²) in [5.74, 6) is -2.34. The van der Waals surface area contributed by atoms with Gasteiger partial charge in [0.15, 0.2) is 17.4 Å². The van der Waals surface area contributed by atoms with Gasteiger partial charge in [-0.1, -0.05) is 30.3 Å². The van der Waals surface area contributed by atoms with Crippen LogP contribution < -0.4 is 16.0 Å². The molecule has 0 bridgehead atoms. The number of anilines is 2. The SMILES string of the molecule is Nc1nccc2cc(CCC(=O)[C@H](Cc3ccc(F)c(F)c3)NC(=O)c3cccc(N4CCCC4=O)c3)ccc12. The standard InChI is InChI=1S/C31H28F2N4O3/c32-25-10-7-20(16-26(25)33)17-27(28(38)11-8-19-6-9-24-21(15-19)12-13-35-30(24)34)36-31(40)22-3-1-4-23(18-22)37-14-2-5-29(37)39/h1,3-4,6-7,9-10,12-13,15-16,18,27H,2,5,8,11,14,17H2,(H2,34,35)(H,36,40)/t27-/m0/s1. The molecule has 7 nitrogen and oxygen atoms in total. The van der Waals surface area contributed by atoms with Crippen LogP contribution in [0.5, 0.6) is 0 Å². The number of carbonyl (C=O) groups is 3. The zero-order chi connectivity index (χ0) is 28.2. The Bertz CT molecular complexity index is 1610.